The molecule has 0 unspecified atom stereocenters. The van der Waals surface area contributed by atoms with Gasteiger partial charge in [0.05, 0.1) is 5.52 Å². The lowest BCUT2D eigenvalue weighted by molar-refractivity contribution is 0.303. The summed E-state index contributed by atoms with van der Waals surface area (Å²) >= 11 is 0. The zero-order valence-corrected chi connectivity index (χ0v) is 17.2. The number of fused-ring (bicyclic) bond motifs is 1. The van der Waals surface area contributed by atoms with Gasteiger partial charge in [0.2, 0.25) is 11.8 Å². The van der Waals surface area contributed by atoms with E-state index in [1.807, 2.05) is 44.2 Å². The van der Waals surface area contributed by atoms with E-state index in [2.05, 4.69) is 45.1 Å². The van der Waals surface area contributed by atoms with E-state index < -0.39 is 0 Å². The van der Waals surface area contributed by atoms with Gasteiger partial charge in [0.1, 0.15) is 5.75 Å². The third-order valence-corrected chi connectivity index (χ3v) is 4.68. The highest BCUT2D eigenvalue weighted by Crippen LogP contribution is 2.25. The minimum atomic E-state index is 0.540. The van der Waals surface area contributed by atoms with Crippen LogP contribution in [0.4, 0.5) is 5.95 Å². The predicted molar refractivity (Wildman–Crippen MR) is 114 cm³/mol. The van der Waals surface area contributed by atoms with Crippen molar-refractivity contribution >= 4 is 16.9 Å². The Morgan fingerprint density at radius 3 is 2.54 bits per heavy atom. The minimum Gasteiger partial charge on any atom is -0.439 e. The Labute approximate surface area is 167 Å². The van der Waals surface area contributed by atoms with Gasteiger partial charge in [0.15, 0.2) is 0 Å². The molecule has 148 valence electrons. The molecule has 2 heterocycles. The largest absolute Gasteiger partial charge is 0.439 e. The molecule has 0 amide bonds. The number of ether oxygens (including phenoxy) is 1. The summed E-state index contributed by atoms with van der Waals surface area (Å²) < 4.78 is 5.99. The normalized spacial score (nSPS) is 11.2. The number of benzene rings is 1. The van der Waals surface area contributed by atoms with Crippen molar-refractivity contribution in [3.8, 4) is 11.6 Å². The predicted octanol–water partition coefficient (Wildman–Crippen LogP) is 4.58. The number of hydrogen-bond donors (Lipinski definition) is 1. The maximum Gasteiger partial charge on any atom is 0.226 e. The van der Waals surface area contributed by atoms with Crippen LogP contribution >= 0.6 is 0 Å². The van der Waals surface area contributed by atoms with Gasteiger partial charge >= 0.3 is 0 Å². The number of nitrogens with one attached hydrogen (secondary N) is 1. The maximum atomic E-state index is 5.99. The smallest absolute Gasteiger partial charge is 0.226 e. The maximum absolute atomic E-state index is 5.99. The van der Waals surface area contributed by atoms with E-state index in [4.69, 9.17) is 4.74 Å². The molecule has 1 aromatic carbocycles. The second-order valence-corrected chi connectivity index (χ2v) is 6.89. The average Bonchev–Trinajstić information content (AvgIpc) is 2.68. The van der Waals surface area contributed by atoms with Crippen molar-refractivity contribution in [3.05, 3.63) is 47.8 Å². The molecule has 0 aliphatic heterocycles. The summed E-state index contributed by atoms with van der Waals surface area (Å²) in [6.45, 7) is 12.4. The molecule has 0 atom stereocenters. The summed E-state index contributed by atoms with van der Waals surface area (Å²) in [5, 5.41) is 4.36. The lowest BCUT2D eigenvalue weighted by Gasteiger charge is -2.17. The summed E-state index contributed by atoms with van der Waals surface area (Å²) in [5.41, 5.74) is 2.83. The van der Waals surface area contributed by atoms with Crippen LogP contribution < -0.4 is 10.1 Å². The SMILES string of the molecule is CCN(CC)CCCNc1nc(C)cc(Oc2ccc3nc(C)ccc3c2)n1. The van der Waals surface area contributed by atoms with E-state index >= 15 is 0 Å². The van der Waals surface area contributed by atoms with Crippen LogP contribution in [-0.2, 0) is 0 Å². The second kappa shape index (κ2) is 9.46. The molecule has 0 bridgehead atoms. The molecular weight excluding hydrogens is 350 g/mol. The van der Waals surface area contributed by atoms with Crippen LogP contribution in [0.3, 0.4) is 0 Å². The summed E-state index contributed by atoms with van der Waals surface area (Å²) in [5.74, 6) is 1.88. The molecule has 0 saturated heterocycles. The average molecular weight is 380 g/mol. The highest BCUT2D eigenvalue weighted by atomic mass is 16.5. The molecular formula is C22H29N5O. The molecule has 1 N–H and O–H groups in total. The number of aromatic nitrogens is 3. The zero-order valence-electron chi connectivity index (χ0n) is 17.2. The van der Waals surface area contributed by atoms with Crippen LogP contribution in [0.25, 0.3) is 10.9 Å². The fourth-order valence-corrected chi connectivity index (χ4v) is 3.10. The highest BCUT2D eigenvalue weighted by Gasteiger charge is 2.06. The Balaban J connectivity index is 1.65. The minimum absolute atomic E-state index is 0.540. The number of nitrogens with zero attached hydrogens (tertiary/aromatic N) is 4. The van der Waals surface area contributed by atoms with Gasteiger partial charge in [-0.3, -0.25) is 4.98 Å². The molecule has 0 fully saturated rings. The summed E-state index contributed by atoms with van der Waals surface area (Å²) in [7, 11) is 0. The van der Waals surface area contributed by atoms with Crippen molar-refractivity contribution in [1.82, 2.24) is 19.9 Å². The van der Waals surface area contributed by atoms with E-state index in [-0.39, 0.29) is 0 Å². The Hall–Kier alpha value is -2.73. The Kier molecular flexibility index (Phi) is 6.76. The number of rotatable bonds is 9. The number of pyridine rings is 1. The van der Waals surface area contributed by atoms with E-state index in [0.717, 1.165) is 60.6 Å². The molecule has 0 aliphatic carbocycles. The van der Waals surface area contributed by atoms with Crippen LogP contribution in [0.5, 0.6) is 11.6 Å². The van der Waals surface area contributed by atoms with Crippen molar-refractivity contribution in [2.75, 3.05) is 31.5 Å². The topological polar surface area (TPSA) is 63.2 Å². The van der Waals surface area contributed by atoms with Crippen LogP contribution in [0, 0.1) is 13.8 Å². The van der Waals surface area contributed by atoms with Crippen LogP contribution in [0.2, 0.25) is 0 Å². The van der Waals surface area contributed by atoms with Gasteiger partial charge in [0.25, 0.3) is 0 Å². The summed E-state index contributed by atoms with van der Waals surface area (Å²) in [6, 6.07) is 11.8. The molecule has 2 aromatic heterocycles. The quantitative estimate of drug-likeness (QED) is 0.549. The van der Waals surface area contributed by atoms with Crippen molar-refractivity contribution in [2.45, 2.75) is 34.1 Å². The van der Waals surface area contributed by atoms with Gasteiger partial charge < -0.3 is 15.0 Å². The monoisotopic (exact) mass is 379 g/mol. The Morgan fingerprint density at radius 1 is 0.929 bits per heavy atom. The lowest BCUT2D eigenvalue weighted by atomic mass is 10.2. The van der Waals surface area contributed by atoms with Gasteiger partial charge in [-0.05, 0) is 64.2 Å². The van der Waals surface area contributed by atoms with E-state index in [1.54, 1.807) is 0 Å². The van der Waals surface area contributed by atoms with Crippen molar-refractivity contribution in [3.63, 3.8) is 0 Å². The number of anilines is 1. The molecule has 0 aliphatic rings. The van der Waals surface area contributed by atoms with Crippen molar-refractivity contribution < 1.29 is 4.74 Å². The van der Waals surface area contributed by atoms with E-state index in [1.165, 1.54) is 0 Å². The molecule has 0 radical (unpaired) electrons. The van der Waals surface area contributed by atoms with E-state index in [9.17, 15) is 0 Å². The highest BCUT2D eigenvalue weighted by molar-refractivity contribution is 5.80. The molecule has 0 saturated carbocycles. The molecule has 28 heavy (non-hydrogen) atoms. The van der Waals surface area contributed by atoms with Gasteiger partial charge in [-0.25, -0.2) is 4.98 Å². The van der Waals surface area contributed by atoms with Crippen LogP contribution in [0.1, 0.15) is 31.7 Å². The fraction of sp³-hybridized carbons (Fsp3) is 0.409. The first-order valence-electron chi connectivity index (χ1n) is 9.94. The zero-order chi connectivity index (χ0) is 19.9. The molecule has 0 spiro atoms. The van der Waals surface area contributed by atoms with Crippen molar-refractivity contribution in [2.24, 2.45) is 0 Å². The van der Waals surface area contributed by atoms with Crippen LogP contribution in [0.15, 0.2) is 36.4 Å². The first-order chi connectivity index (χ1) is 13.6. The molecule has 3 rings (SSSR count). The lowest BCUT2D eigenvalue weighted by Crippen LogP contribution is -2.25. The molecule has 3 aromatic rings. The summed E-state index contributed by atoms with van der Waals surface area (Å²) in [6.07, 6.45) is 1.05. The Bertz CT molecular complexity index is 924. The van der Waals surface area contributed by atoms with Gasteiger partial charge in [-0.2, -0.15) is 4.98 Å². The van der Waals surface area contributed by atoms with E-state index in [0.29, 0.717) is 11.8 Å². The summed E-state index contributed by atoms with van der Waals surface area (Å²) in [4.78, 5) is 15.9. The Morgan fingerprint density at radius 2 is 1.75 bits per heavy atom. The van der Waals surface area contributed by atoms with Gasteiger partial charge in [0, 0.05) is 29.4 Å². The van der Waals surface area contributed by atoms with Gasteiger partial charge in [-0.1, -0.05) is 19.9 Å². The molecule has 6 heteroatoms. The molecule has 6 nitrogen and oxygen atoms in total. The third-order valence-electron chi connectivity index (χ3n) is 4.68. The standard InChI is InChI=1S/C22H29N5O/c1-5-27(6-2)13-7-12-23-22-25-17(4)14-21(26-22)28-19-10-11-20-18(15-19)9-8-16(3)24-20/h8-11,14-15H,5-7,12-13H2,1-4H3,(H,23,25,26). The van der Waals surface area contributed by atoms with Crippen LogP contribution in [-0.4, -0.2) is 46.0 Å². The first kappa shape index (κ1) is 20.0. The van der Waals surface area contributed by atoms with Gasteiger partial charge in [-0.15, -0.1) is 0 Å². The first-order valence-corrected chi connectivity index (χ1v) is 9.94. The number of aryl methyl sites for hydroxylation is 2. The fourth-order valence-electron chi connectivity index (χ4n) is 3.10. The number of hydrogen-bond acceptors (Lipinski definition) is 6. The van der Waals surface area contributed by atoms with Crippen molar-refractivity contribution in [1.29, 1.82) is 0 Å². The third kappa shape index (κ3) is 5.39. The second-order valence-electron chi connectivity index (χ2n) is 6.89.